The maximum Gasteiger partial charge on any atom is 0.0233 e. The smallest absolute Gasteiger partial charge is 0.0233 e. The highest BCUT2D eigenvalue weighted by Crippen LogP contribution is 2.47. The first-order valence-corrected chi connectivity index (χ1v) is 7.26. The molecule has 1 spiro atoms. The van der Waals surface area contributed by atoms with Crippen LogP contribution in [0.15, 0.2) is 30.3 Å². The fraction of sp³-hybridized carbons (Fsp3) is 0.625. The van der Waals surface area contributed by atoms with E-state index in [2.05, 4.69) is 35.2 Å². The molecule has 1 aromatic carbocycles. The van der Waals surface area contributed by atoms with E-state index in [0.29, 0.717) is 5.41 Å². The van der Waals surface area contributed by atoms with Crippen molar-refractivity contribution in [1.82, 2.24) is 4.90 Å². The normalized spacial score (nSPS) is 32.4. The minimum Gasteiger partial charge on any atom is -0.330 e. The molecular weight excluding hydrogens is 220 g/mol. The highest BCUT2D eigenvalue weighted by Gasteiger charge is 2.43. The topological polar surface area (TPSA) is 29.3 Å². The van der Waals surface area contributed by atoms with Gasteiger partial charge in [0.2, 0.25) is 0 Å². The van der Waals surface area contributed by atoms with Crippen LogP contribution >= 0.6 is 0 Å². The first-order valence-electron chi connectivity index (χ1n) is 7.26. The van der Waals surface area contributed by atoms with E-state index in [0.717, 1.165) is 19.0 Å². The molecule has 0 aromatic heterocycles. The van der Waals surface area contributed by atoms with Crippen LogP contribution in [-0.2, 0) is 6.54 Å². The summed E-state index contributed by atoms with van der Waals surface area (Å²) in [6.07, 6.45) is 5.51. The van der Waals surface area contributed by atoms with Crippen LogP contribution in [0.1, 0.15) is 31.2 Å². The minimum absolute atomic E-state index is 0.610. The monoisotopic (exact) mass is 244 g/mol. The molecule has 1 heterocycles. The minimum atomic E-state index is 0.610. The summed E-state index contributed by atoms with van der Waals surface area (Å²) in [5.74, 6) is 0.793. The van der Waals surface area contributed by atoms with Crippen LogP contribution in [0.25, 0.3) is 0 Å². The summed E-state index contributed by atoms with van der Waals surface area (Å²) in [6, 6.07) is 10.9. The Morgan fingerprint density at radius 2 is 2.06 bits per heavy atom. The summed E-state index contributed by atoms with van der Waals surface area (Å²) in [5, 5.41) is 0. The fourth-order valence-electron chi connectivity index (χ4n) is 3.90. The van der Waals surface area contributed by atoms with Crippen molar-refractivity contribution in [2.75, 3.05) is 19.6 Å². The summed E-state index contributed by atoms with van der Waals surface area (Å²) in [7, 11) is 0. The number of nitrogens with zero attached hydrogens (tertiary/aromatic N) is 1. The first kappa shape index (κ1) is 12.2. The van der Waals surface area contributed by atoms with Crippen molar-refractivity contribution in [3.05, 3.63) is 35.9 Å². The molecule has 0 bridgehead atoms. The molecule has 2 heteroatoms. The second kappa shape index (κ2) is 5.02. The Morgan fingerprint density at radius 3 is 2.78 bits per heavy atom. The maximum absolute atomic E-state index is 5.83. The predicted octanol–water partition coefficient (Wildman–Crippen LogP) is 2.64. The van der Waals surface area contributed by atoms with Gasteiger partial charge in [-0.1, -0.05) is 30.3 Å². The largest absolute Gasteiger partial charge is 0.330 e. The van der Waals surface area contributed by atoms with Crippen LogP contribution in [0.4, 0.5) is 0 Å². The molecule has 2 fully saturated rings. The molecule has 2 N–H and O–H groups in total. The zero-order valence-corrected chi connectivity index (χ0v) is 11.1. The molecule has 1 aliphatic carbocycles. The third-order valence-corrected chi connectivity index (χ3v) is 4.90. The molecule has 3 rings (SSSR count). The van der Waals surface area contributed by atoms with E-state index in [-0.39, 0.29) is 0 Å². The number of hydrogen-bond donors (Lipinski definition) is 1. The Kier molecular flexibility index (Phi) is 3.40. The number of nitrogens with two attached hydrogens (primary N) is 1. The molecule has 2 nitrogen and oxygen atoms in total. The van der Waals surface area contributed by atoms with E-state index in [1.165, 1.54) is 44.3 Å². The van der Waals surface area contributed by atoms with Gasteiger partial charge in [0.25, 0.3) is 0 Å². The molecule has 1 aromatic rings. The number of hydrogen-bond acceptors (Lipinski definition) is 2. The van der Waals surface area contributed by atoms with Gasteiger partial charge in [0, 0.05) is 13.1 Å². The van der Waals surface area contributed by atoms with Gasteiger partial charge in [-0.3, -0.25) is 4.90 Å². The molecule has 18 heavy (non-hydrogen) atoms. The van der Waals surface area contributed by atoms with E-state index in [4.69, 9.17) is 5.73 Å². The van der Waals surface area contributed by atoms with Gasteiger partial charge >= 0.3 is 0 Å². The lowest BCUT2D eigenvalue weighted by atomic mass is 9.84. The summed E-state index contributed by atoms with van der Waals surface area (Å²) in [5.41, 5.74) is 7.89. The van der Waals surface area contributed by atoms with E-state index >= 15 is 0 Å². The van der Waals surface area contributed by atoms with Crippen molar-refractivity contribution >= 4 is 0 Å². The Hall–Kier alpha value is -0.860. The van der Waals surface area contributed by atoms with Gasteiger partial charge in [0.1, 0.15) is 0 Å². The number of rotatable bonds is 3. The summed E-state index contributed by atoms with van der Waals surface area (Å²) >= 11 is 0. The summed E-state index contributed by atoms with van der Waals surface area (Å²) in [6.45, 7) is 4.57. The fourth-order valence-corrected chi connectivity index (χ4v) is 3.90. The quantitative estimate of drug-likeness (QED) is 0.885. The summed E-state index contributed by atoms with van der Waals surface area (Å²) in [4.78, 5) is 2.63. The van der Waals surface area contributed by atoms with Crippen LogP contribution < -0.4 is 5.73 Å². The Labute approximate surface area is 110 Å². The van der Waals surface area contributed by atoms with Crippen LogP contribution in [0, 0.1) is 11.3 Å². The molecule has 1 saturated heterocycles. The van der Waals surface area contributed by atoms with Crippen molar-refractivity contribution in [2.45, 2.75) is 32.2 Å². The molecule has 98 valence electrons. The van der Waals surface area contributed by atoms with Crippen molar-refractivity contribution in [3.63, 3.8) is 0 Å². The predicted molar refractivity (Wildman–Crippen MR) is 75.2 cm³/mol. The number of likely N-dealkylation sites (tertiary alicyclic amines) is 1. The first-order chi connectivity index (χ1) is 8.80. The molecule has 1 saturated carbocycles. The highest BCUT2D eigenvalue weighted by atomic mass is 15.2. The van der Waals surface area contributed by atoms with E-state index in [9.17, 15) is 0 Å². The molecule has 0 unspecified atom stereocenters. The molecule has 2 aliphatic rings. The van der Waals surface area contributed by atoms with Gasteiger partial charge in [-0.2, -0.15) is 0 Å². The highest BCUT2D eigenvalue weighted by molar-refractivity contribution is 5.15. The van der Waals surface area contributed by atoms with Crippen molar-refractivity contribution in [3.8, 4) is 0 Å². The van der Waals surface area contributed by atoms with E-state index < -0.39 is 0 Å². The zero-order chi connectivity index (χ0) is 12.4. The van der Waals surface area contributed by atoms with Gasteiger partial charge in [-0.25, -0.2) is 0 Å². The molecular formula is C16H24N2. The van der Waals surface area contributed by atoms with Crippen LogP contribution in [0.2, 0.25) is 0 Å². The SMILES string of the molecule is NC[C@@H]1CC[C@]2(CCN(Cc3ccccc3)C2)C1. The van der Waals surface area contributed by atoms with Crippen LogP contribution in [-0.4, -0.2) is 24.5 Å². The zero-order valence-electron chi connectivity index (χ0n) is 11.1. The van der Waals surface area contributed by atoms with Gasteiger partial charge in [-0.05, 0) is 55.7 Å². The molecule has 0 radical (unpaired) electrons. The Morgan fingerprint density at radius 1 is 1.22 bits per heavy atom. The van der Waals surface area contributed by atoms with Gasteiger partial charge in [-0.15, -0.1) is 0 Å². The average Bonchev–Trinajstić information content (AvgIpc) is 2.99. The Balaban J connectivity index is 1.59. The van der Waals surface area contributed by atoms with E-state index in [1.54, 1.807) is 0 Å². The lowest BCUT2D eigenvalue weighted by Gasteiger charge is -2.24. The summed E-state index contributed by atoms with van der Waals surface area (Å²) < 4.78 is 0. The van der Waals surface area contributed by atoms with Crippen molar-refractivity contribution < 1.29 is 0 Å². The second-order valence-electron chi connectivity index (χ2n) is 6.29. The third-order valence-electron chi connectivity index (χ3n) is 4.90. The van der Waals surface area contributed by atoms with Crippen molar-refractivity contribution in [2.24, 2.45) is 17.1 Å². The molecule has 2 atom stereocenters. The number of benzene rings is 1. The third kappa shape index (κ3) is 2.45. The van der Waals surface area contributed by atoms with Crippen LogP contribution in [0.5, 0.6) is 0 Å². The lowest BCUT2D eigenvalue weighted by molar-refractivity contribution is 0.249. The van der Waals surface area contributed by atoms with Crippen LogP contribution in [0.3, 0.4) is 0 Å². The van der Waals surface area contributed by atoms with Gasteiger partial charge in [0.15, 0.2) is 0 Å². The van der Waals surface area contributed by atoms with Gasteiger partial charge in [0.05, 0.1) is 0 Å². The van der Waals surface area contributed by atoms with Gasteiger partial charge < -0.3 is 5.73 Å². The van der Waals surface area contributed by atoms with E-state index in [1.807, 2.05) is 0 Å². The molecule has 1 aliphatic heterocycles. The second-order valence-corrected chi connectivity index (χ2v) is 6.29. The maximum atomic E-state index is 5.83. The van der Waals surface area contributed by atoms with Crippen molar-refractivity contribution in [1.29, 1.82) is 0 Å². The average molecular weight is 244 g/mol. The standard InChI is InChI=1S/C16H24N2/c17-11-15-6-7-16(10-15)8-9-18(13-16)12-14-4-2-1-3-5-14/h1-5,15H,6-13,17H2/t15-,16+/m1/s1. The Bertz CT molecular complexity index is 389. The lowest BCUT2D eigenvalue weighted by Crippen LogP contribution is -2.25. The molecule has 0 amide bonds.